The van der Waals surface area contributed by atoms with Crippen LogP contribution in [0.3, 0.4) is 0 Å². The maximum Gasteiger partial charge on any atom is 0.119 e. The van der Waals surface area contributed by atoms with Gasteiger partial charge in [0, 0.05) is 12.2 Å². The summed E-state index contributed by atoms with van der Waals surface area (Å²) in [5, 5.41) is 0. The van der Waals surface area contributed by atoms with Crippen molar-refractivity contribution in [3.05, 3.63) is 24.3 Å². The summed E-state index contributed by atoms with van der Waals surface area (Å²) in [5.41, 5.74) is 6.94. The third kappa shape index (κ3) is 4.75. The number of hydrogen-bond acceptors (Lipinski definition) is 3. The van der Waals surface area contributed by atoms with Crippen LogP contribution < -0.4 is 10.5 Å². The highest BCUT2D eigenvalue weighted by Crippen LogP contribution is 2.29. The first kappa shape index (κ1) is 14.2. The minimum absolute atomic E-state index is 0.507. The molecule has 3 nitrogen and oxygen atoms in total. The maximum absolute atomic E-state index is 5.76. The van der Waals surface area contributed by atoms with E-state index in [4.69, 9.17) is 10.5 Å². The molecule has 1 fully saturated rings. The Morgan fingerprint density at radius 1 is 1.16 bits per heavy atom. The molecule has 19 heavy (non-hydrogen) atoms. The lowest BCUT2D eigenvalue weighted by Gasteiger charge is -2.23. The lowest BCUT2D eigenvalue weighted by atomic mass is 9.85. The molecule has 3 heteroatoms. The van der Waals surface area contributed by atoms with E-state index in [9.17, 15) is 0 Å². The molecule has 0 spiro atoms. The minimum atomic E-state index is 0.507. The molecule has 1 aromatic carbocycles. The molecule has 1 aliphatic rings. The fourth-order valence-electron chi connectivity index (χ4n) is 2.56. The van der Waals surface area contributed by atoms with Crippen LogP contribution in [0.2, 0.25) is 0 Å². The van der Waals surface area contributed by atoms with E-state index in [0.717, 1.165) is 24.6 Å². The van der Waals surface area contributed by atoms with E-state index in [2.05, 4.69) is 18.7 Å². The van der Waals surface area contributed by atoms with Gasteiger partial charge >= 0.3 is 0 Å². The van der Waals surface area contributed by atoms with Crippen LogP contribution in [0.25, 0.3) is 0 Å². The van der Waals surface area contributed by atoms with Crippen LogP contribution in [-0.2, 0) is 0 Å². The van der Waals surface area contributed by atoms with Gasteiger partial charge in [0.05, 0.1) is 0 Å². The van der Waals surface area contributed by atoms with E-state index in [1.807, 2.05) is 24.3 Å². The number of anilines is 1. The van der Waals surface area contributed by atoms with Crippen molar-refractivity contribution in [2.24, 2.45) is 5.41 Å². The molecule has 1 aromatic rings. The van der Waals surface area contributed by atoms with Gasteiger partial charge in [-0.25, -0.2) is 0 Å². The van der Waals surface area contributed by atoms with Crippen LogP contribution in [0.1, 0.15) is 33.1 Å². The van der Waals surface area contributed by atoms with Gasteiger partial charge in [0.2, 0.25) is 0 Å². The van der Waals surface area contributed by atoms with Gasteiger partial charge in [-0.3, -0.25) is 4.90 Å². The molecular formula is C16H26N2O. The lowest BCUT2D eigenvalue weighted by molar-refractivity contribution is 0.207. The molecule has 106 valence electrons. The number of ether oxygens (including phenoxy) is 1. The van der Waals surface area contributed by atoms with E-state index < -0.39 is 0 Å². The standard InChI is InChI=1S/C16H26N2O/c1-16(2)8-3-10-18(11-9-16)12-13-19-15-6-4-14(17)5-7-15/h4-7H,3,8-13,17H2,1-2H3. The van der Waals surface area contributed by atoms with Crippen LogP contribution in [0, 0.1) is 5.41 Å². The summed E-state index contributed by atoms with van der Waals surface area (Å²) in [5.74, 6) is 0.907. The zero-order chi connectivity index (χ0) is 13.7. The van der Waals surface area contributed by atoms with Crippen LogP contribution in [0.4, 0.5) is 5.69 Å². The fourth-order valence-corrected chi connectivity index (χ4v) is 2.56. The first-order valence-corrected chi connectivity index (χ1v) is 7.26. The molecule has 0 aromatic heterocycles. The smallest absolute Gasteiger partial charge is 0.119 e. The Morgan fingerprint density at radius 2 is 1.89 bits per heavy atom. The van der Waals surface area contributed by atoms with Gasteiger partial charge in [0.1, 0.15) is 12.4 Å². The molecule has 0 saturated carbocycles. The van der Waals surface area contributed by atoms with Crippen molar-refractivity contribution in [2.75, 3.05) is 32.0 Å². The van der Waals surface area contributed by atoms with E-state index in [-0.39, 0.29) is 0 Å². The first-order chi connectivity index (χ1) is 9.05. The third-order valence-corrected chi connectivity index (χ3v) is 3.99. The van der Waals surface area contributed by atoms with Gasteiger partial charge in [0.25, 0.3) is 0 Å². The Hall–Kier alpha value is -1.22. The summed E-state index contributed by atoms with van der Waals surface area (Å²) in [6.07, 6.45) is 3.92. The van der Waals surface area contributed by atoms with Gasteiger partial charge in [-0.05, 0) is 62.0 Å². The third-order valence-electron chi connectivity index (χ3n) is 3.99. The van der Waals surface area contributed by atoms with Gasteiger partial charge in [0.15, 0.2) is 0 Å². The molecule has 0 bridgehead atoms. The van der Waals surface area contributed by atoms with Crippen molar-refractivity contribution < 1.29 is 4.74 Å². The van der Waals surface area contributed by atoms with E-state index in [1.165, 1.54) is 32.4 Å². The average molecular weight is 262 g/mol. The Balaban J connectivity index is 1.72. The molecule has 1 heterocycles. The van der Waals surface area contributed by atoms with Gasteiger partial charge in [-0.1, -0.05) is 13.8 Å². The highest BCUT2D eigenvalue weighted by molar-refractivity contribution is 5.41. The van der Waals surface area contributed by atoms with Crippen molar-refractivity contribution in [3.8, 4) is 5.75 Å². The molecule has 0 aliphatic carbocycles. The molecule has 0 atom stereocenters. The highest BCUT2D eigenvalue weighted by atomic mass is 16.5. The average Bonchev–Trinajstić information content (AvgIpc) is 2.53. The van der Waals surface area contributed by atoms with E-state index >= 15 is 0 Å². The lowest BCUT2D eigenvalue weighted by Crippen LogP contribution is -2.30. The minimum Gasteiger partial charge on any atom is -0.492 e. The van der Waals surface area contributed by atoms with Gasteiger partial charge in [-0.2, -0.15) is 0 Å². The number of rotatable bonds is 4. The van der Waals surface area contributed by atoms with Crippen LogP contribution >= 0.6 is 0 Å². The van der Waals surface area contributed by atoms with Crippen LogP contribution in [0.15, 0.2) is 24.3 Å². The van der Waals surface area contributed by atoms with Crippen LogP contribution in [-0.4, -0.2) is 31.1 Å². The zero-order valence-electron chi connectivity index (χ0n) is 12.2. The summed E-state index contributed by atoms with van der Waals surface area (Å²) in [7, 11) is 0. The number of nitrogens with zero attached hydrogens (tertiary/aromatic N) is 1. The zero-order valence-corrected chi connectivity index (χ0v) is 12.2. The monoisotopic (exact) mass is 262 g/mol. The molecule has 0 radical (unpaired) electrons. The molecule has 1 aliphatic heterocycles. The Kier molecular flexibility index (Phi) is 4.70. The summed E-state index contributed by atoms with van der Waals surface area (Å²) in [6, 6.07) is 7.62. The first-order valence-electron chi connectivity index (χ1n) is 7.26. The number of nitrogens with two attached hydrogens (primary N) is 1. The summed E-state index contributed by atoms with van der Waals surface area (Å²) in [4.78, 5) is 2.52. The van der Waals surface area contributed by atoms with E-state index in [0.29, 0.717) is 5.41 Å². The summed E-state index contributed by atoms with van der Waals surface area (Å²) < 4.78 is 5.76. The molecular weight excluding hydrogens is 236 g/mol. The fraction of sp³-hybridized carbons (Fsp3) is 0.625. The Labute approximate surface area is 116 Å². The van der Waals surface area contributed by atoms with Gasteiger partial charge < -0.3 is 10.5 Å². The molecule has 2 N–H and O–H groups in total. The predicted octanol–water partition coefficient (Wildman–Crippen LogP) is 3.16. The topological polar surface area (TPSA) is 38.5 Å². The number of benzene rings is 1. The summed E-state index contributed by atoms with van der Waals surface area (Å²) in [6.45, 7) is 8.92. The van der Waals surface area contributed by atoms with Crippen molar-refractivity contribution >= 4 is 5.69 Å². The van der Waals surface area contributed by atoms with Crippen LogP contribution in [0.5, 0.6) is 5.75 Å². The predicted molar refractivity (Wildman–Crippen MR) is 80.4 cm³/mol. The largest absolute Gasteiger partial charge is 0.492 e. The second kappa shape index (κ2) is 6.29. The molecule has 1 saturated heterocycles. The highest BCUT2D eigenvalue weighted by Gasteiger charge is 2.22. The normalized spacial score (nSPS) is 19.9. The Bertz CT molecular complexity index is 386. The van der Waals surface area contributed by atoms with Crippen molar-refractivity contribution in [1.82, 2.24) is 4.90 Å². The second-order valence-corrected chi connectivity index (χ2v) is 6.28. The molecule has 0 unspecified atom stereocenters. The number of hydrogen-bond donors (Lipinski definition) is 1. The number of likely N-dealkylation sites (tertiary alicyclic amines) is 1. The number of nitrogen functional groups attached to an aromatic ring is 1. The second-order valence-electron chi connectivity index (χ2n) is 6.28. The SMILES string of the molecule is CC1(C)CCCN(CCOc2ccc(N)cc2)CC1. The summed E-state index contributed by atoms with van der Waals surface area (Å²) >= 11 is 0. The van der Waals surface area contributed by atoms with E-state index in [1.54, 1.807) is 0 Å². The van der Waals surface area contributed by atoms with Crippen molar-refractivity contribution in [3.63, 3.8) is 0 Å². The van der Waals surface area contributed by atoms with Gasteiger partial charge in [-0.15, -0.1) is 0 Å². The molecule has 2 rings (SSSR count). The van der Waals surface area contributed by atoms with Crippen molar-refractivity contribution in [1.29, 1.82) is 0 Å². The quantitative estimate of drug-likeness (QED) is 0.847. The molecule has 0 amide bonds. The van der Waals surface area contributed by atoms with Crippen molar-refractivity contribution in [2.45, 2.75) is 33.1 Å². The Morgan fingerprint density at radius 3 is 2.63 bits per heavy atom. The maximum atomic E-state index is 5.76.